The van der Waals surface area contributed by atoms with Crippen LogP contribution in [0.15, 0.2) is 0 Å². The molecule has 0 bridgehead atoms. The first-order chi connectivity index (χ1) is 6.19. The van der Waals surface area contributed by atoms with Crippen LogP contribution in [0.4, 0.5) is 0 Å². The van der Waals surface area contributed by atoms with Crippen LogP contribution in [0.25, 0.3) is 0 Å². The highest BCUT2D eigenvalue weighted by Crippen LogP contribution is 2.28. The van der Waals surface area contributed by atoms with Gasteiger partial charge in [-0.15, -0.1) is 0 Å². The standard InChI is InChI=1S/C10H16O2S/c1-3-4-7-5-9(12)10(13-2)6-8(7)11/h7,10H,3-6H2,1-2H3. The molecule has 0 spiro atoms. The van der Waals surface area contributed by atoms with Crippen molar-refractivity contribution in [3.8, 4) is 0 Å². The van der Waals surface area contributed by atoms with Crippen molar-refractivity contribution in [2.24, 2.45) is 5.92 Å². The molecule has 2 atom stereocenters. The number of hydrogen-bond acceptors (Lipinski definition) is 3. The van der Waals surface area contributed by atoms with Crippen molar-refractivity contribution in [2.45, 2.75) is 37.9 Å². The molecule has 2 unspecified atom stereocenters. The van der Waals surface area contributed by atoms with Gasteiger partial charge in [-0.25, -0.2) is 0 Å². The molecule has 0 aromatic rings. The van der Waals surface area contributed by atoms with Crippen molar-refractivity contribution in [1.29, 1.82) is 0 Å². The van der Waals surface area contributed by atoms with Gasteiger partial charge in [-0.3, -0.25) is 9.59 Å². The highest BCUT2D eigenvalue weighted by atomic mass is 32.2. The van der Waals surface area contributed by atoms with E-state index in [4.69, 9.17) is 0 Å². The normalized spacial score (nSPS) is 29.4. The summed E-state index contributed by atoms with van der Waals surface area (Å²) < 4.78 is 0. The van der Waals surface area contributed by atoms with Gasteiger partial charge in [-0.2, -0.15) is 11.8 Å². The summed E-state index contributed by atoms with van der Waals surface area (Å²) in [5.41, 5.74) is 0. The molecule has 13 heavy (non-hydrogen) atoms. The summed E-state index contributed by atoms with van der Waals surface area (Å²) in [7, 11) is 0. The average molecular weight is 200 g/mol. The summed E-state index contributed by atoms with van der Waals surface area (Å²) in [5, 5.41) is -0.0550. The summed E-state index contributed by atoms with van der Waals surface area (Å²) in [4.78, 5) is 23.0. The van der Waals surface area contributed by atoms with E-state index >= 15 is 0 Å². The van der Waals surface area contributed by atoms with E-state index in [1.165, 1.54) is 11.8 Å². The van der Waals surface area contributed by atoms with Crippen LogP contribution in [-0.4, -0.2) is 23.1 Å². The number of thioether (sulfide) groups is 1. The third-order valence-corrected chi connectivity index (χ3v) is 3.57. The van der Waals surface area contributed by atoms with Crippen molar-refractivity contribution in [3.05, 3.63) is 0 Å². The molecule has 0 aromatic heterocycles. The SMILES string of the molecule is CCCC1CC(=O)C(SC)CC1=O. The average Bonchev–Trinajstić information content (AvgIpc) is 2.11. The summed E-state index contributed by atoms with van der Waals surface area (Å²) in [5.74, 6) is 0.590. The fraction of sp³-hybridized carbons (Fsp3) is 0.800. The van der Waals surface area contributed by atoms with Crippen LogP contribution in [0.5, 0.6) is 0 Å². The maximum atomic E-state index is 11.5. The van der Waals surface area contributed by atoms with E-state index in [2.05, 4.69) is 6.92 Å². The van der Waals surface area contributed by atoms with E-state index in [0.717, 1.165) is 12.8 Å². The molecular weight excluding hydrogens is 184 g/mol. The lowest BCUT2D eigenvalue weighted by Crippen LogP contribution is -2.34. The van der Waals surface area contributed by atoms with Crippen LogP contribution in [0.1, 0.15) is 32.6 Å². The summed E-state index contributed by atoms with van der Waals surface area (Å²) in [6.07, 6.45) is 4.72. The van der Waals surface area contributed by atoms with Crippen molar-refractivity contribution in [3.63, 3.8) is 0 Å². The number of ketones is 2. The summed E-state index contributed by atoms with van der Waals surface area (Å²) in [6.45, 7) is 2.05. The Morgan fingerprint density at radius 1 is 1.31 bits per heavy atom. The molecule has 1 aliphatic rings. The second-order valence-electron chi connectivity index (χ2n) is 3.55. The Labute approximate surface area is 83.5 Å². The van der Waals surface area contributed by atoms with Gasteiger partial charge >= 0.3 is 0 Å². The third-order valence-electron chi connectivity index (χ3n) is 2.57. The zero-order chi connectivity index (χ0) is 9.84. The van der Waals surface area contributed by atoms with Gasteiger partial charge in [0.2, 0.25) is 0 Å². The first-order valence-corrected chi connectivity index (χ1v) is 6.06. The maximum absolute atomic E-state index is 11.5. The highest BCUT2D eigenvalue weighted by molar-refractivity contribution is 7.99. The number of carbonyl (C=O) groups is 2. The first-order valence-electron chi connectivity index (χ1n) is 4.77. The maximum Gasteiger partial charge on any atom is 0.146 e. The number of hydrogen-bond donors (Lipinski definition) is 0. The minimum absolute atomic E-state index is 0.0286. The molecule has 1 fully saturated rings. The molecule has 0 amide bonds. The number of carbonyl (C=O) groups excluding carboxylic acids is 2. The zero-order valence-corrected chi connectivity index (χ0v) is 9.02. The van der Waals surface area contributed by atoms with E-state index < -0.39 is 0 Å². The Morgan fingerprint density at radius 3 is 2.54 bits per heavy atom. The Bertz CT molecular complexity index is 213. The molecule has 0 radical (unpaired) electrons. The lowest BCUT2D eigenvalue weighted by molar-refractivity contribution is -0.132. The predicted octanol–water partition coefficient (Wildman–Crippen LogP) is 2.07. The Morgan fingerprint density at radius 2 is 2.00 bits per heavy atom. The Kier molecular flexibility index (Phi) is 3.97. The molecule has 0 heterocycles. The first kappa shape index (κ1) is 10.8. The van der Waals surface area contributed by atoms with Gasteiger partial charge < -0.3 is 0 Å². The fourth-order valence-corrected chi connectivity index (χ4v) is 2.47. The molecule has 1 rings (SSSR count). The second kappa shape index (κ2) is 4.80. The van der Waals surface area contributed by atoms with E-state index in [0.29, 0.717) is 18.6 Å². The van der Waals surface area contributed by atoms with Crippen molar-refractivity contribution >= 4 is 23.3 Å². The lowest BCUT2D eigenvalue weighted by atomic mass is 9.84. The topological polar surface area (TPSA) is 34.1 Å². The van der Waals surface area contributed by atoms with Crippen LogP contribution >= 0.6 is 11.8 Å². The fourth-order valence-electron chi connectivity index (χ4n) is 1.78. The third kappa shape index (κ3) is 2.56. The van der Waals surface area contributed by atoms with Gasteiger partial charge in [0.05, 0.1) is 5.25 Å². The van der Waals surface area contributed by atoms with E-state index in [1.54, 1.807) is 0 Å². The van der Waals surface area contributed by atoms with Crippen LogP contribution in [0.3, 0.4) is 0 Å². The molecule has 0 aliphatic heterocycles. The molecule has 0 aromatic carbocycles. The van der Waals surface area contributed by atoms with Crippen LogP contribution < -0.4 is 0 Å². The molecular formula is C10H16O2S. The van der Waals surface area contributed by atoms with E-state index in [-0.39, 0.29) is 17.0 Å². The largest absolute Gasteiger partial charge is 0.299 e. The molecule has 0 saturated heterocycles. The van der Waals surface area contributed by atoms with Gasteiger partial charge in [-0.1, -0.05) is 13.3 Å². The van der Waals surface area contributed by atoms with Gasteiger partial charge in [-0.05, 0) is 12.7 Å². The molecule has 0 N–H and O–H groups in total. The quantitative estimate of drug-likeness (QED) is 0.699. The van der Waals surface area contributed by atoms with E-state index in [9.17, 15) is 9.59 Å². The van der Waals surface area contributed by atoms with Gasteiger partial charge in [0.25, 0.3) is 0 Å². The minimum Gasteiger partial charge on any atom is -0.299 e. The zero-order valence-electron chi connectivity index (χ0n) is 8.21. The van der Waals surface area contributed by atoms with Crippen LogP contribution in [-0.2, 0) is 9.59 Å². The molecule has 2 nitrogen and oxygen atoms in total. The summed E-state index contributed by atoms with van der Waals surface area (Å²) in [6, 6.07) is 0. The number of rotatable bonds is 3. The molecule has 1 saturated carbocycles. The highest BCUT2D eigenvalue weighted by Gasteiger charge is 2.33. The minimum atomic E-state index is -0.0550. The predicted molar refractivity (Wildman–Crippen MR) is 54.9 cm³/mol. The Hall–Kier alpha value is -0.310. The van der Waals surface area contributed by atoms with Crippen molar-refractivity contribution < 1.29 is 9.59 Å². The number of Topliss-reactive ketones (excluding diaryl/α,β-unsaturated/α-hetero) is 2. The lowest BCUT2D eigenvalue weighted by Gasteiger charge is -2.24. The monoisotopic (exact) mass is 200 g/mol. The van der Waals surface area contributed by atoms with Gasteiger partial charge in [0, 0.05) is 18.8 Å². The van der Waals surface area contributed by atoms with Crippen molar-refractivity contribution in [1.82, 2.24) is 0 Å². The Balaban J connectivity index is 2.56. The van der Waals surface area contributed by atoms with Crippen molar-refractivity contribution in [2.75, 3.05) is 6.26 Å². The molecule has 74 valence electrons. The van der Waals surface area contributed by atoms with Gasteiger partial charge in [0.1, 0.15) is 11.6 Å². The molecule has 1 aliphatic carbocycles. The summed E-state index contributed by atoms with van der Waals surface area (Å²) >= 11 is 1.51. The second-order valence-corrected chi connectivity index (χ2v) is 4.59. The van der Waals surface area contributed by atoms with Gasteiger partial charge in [0.15, 0.2) is 0 Å². The molecule has 3 heteroatoms. The van der Waals surface area contributed by atoms with Crippen LogP contribution in [0.2, 0.25) is 0 Å². The van der Waals surface area contributed by atoms with Crippen LogP contribution in [0, 0.1) is 5.92 Å². The van der Waals surface area contributed by atoms with E-state index in [1.807, 2.05) is 6.26 Å². The smallest absolute Gasteiger partial charge is 0.146 e.